The van der Waals surface area contributed by atoms with E-state index in [1.54, 1.807) is 24.4 Å². The van der Waals surface area contributed by atoms with Crippen molar-refractivity contribution in [3.8, 4) is 0 Å². The molecule has 2 rings (SSSR count). The van der Waals surface area contributed by atoms with Crippen molar-refractivity contribution in [1.29, 1.82) is 0 Å². The molecule has 1 aromatic heterocycles. The highest BCUT2D eigenvalue weighted by atomic mass is 16.4. The maximum Gasteiger partial charge on any atom is 0.315 e. The molecule has 0 aliphatic heterocycles. The lowest BCUT2D eigenvalue weighted by Gasteiger charge is -2.10. The highest BCUT2D eigenvalue weighted by Crippen LogP contribution is 2.09. The third-order valence-electron chi connectivity index (χ3n) is 2.89. The number of hydrogen-bond donors (Lipinski definition) is 4. The number of hydrogen-bond acceptors (Lipinski definition) is 3. The number of amides is 2. The molecular weight excluding hydrogens is 272 g/mol. The fourth-order valence-electron chi connectivity index (χ4n) is 1.86. The minimum Gasteiger partial charge on any atom is -0.481 e. The first kappa shape index (κ1) is 14.6. The SMILES string of the molecule is O=C(O)Cc1ccccc1CNC(=O)NCc1cnc[nH]1. The Bertz CT molecular complexity index is 610. The first-order valence-corrected chi connectivity index (χ1v) is 6.42. The molecule has 0 aliphatic rings. The van der Waals surface area contributed by atoms with Gasteiger partial charge >= 0.3 is 12.0 Å². The van der Waals surface area contributed by atoms with E-state index in [-0.39, 0.29) is 19.0 Å². The summed E-state index contributed by atoms with van der Waals surface area (Å²) >= 11 is 0. The van der Waals surface area contributed by atoms with Gasteiger partial charge in [0.15, 0.2) is 0 Å². The summed E-state index contributed by atoms with van der Waals surface area (Å²) in [5, 5.41) is 14.2. The topological polar surface area (TPSA) is 107 Å². The van der Waals surface area contributed by atoms with Crippen LogP contribution in [0.1, 0.15) is 16.8 Å². The van der Waals surface area contributed by atoms with Crippen molar-refractivity contribution >= 4 is 12.0 Å². The van der Waals surface area contributed by atoms with Crippen molar-refractivity contribution in [2.45, 2.75) is 19.5 Å². The fraction of sp³-hybridized carbons (Fsp3) is 0.214. The van der Waals surface area contributed by atoms with Crippen LogP contribution in [-0.2, 0) is 24.3 Å². The second-order valence-electron chi connectivity index (χ2n) is 4.45. The van der Waals surface area contributed by atoms with Crippen LogP contribution < -0.4 is 10.6 Å². The number of aromatic nitrogens is 2. The number of aromatic amines is 1. The molecule has 2 aromatic rings. The van der Waals surface area contributed by atoms with Gasteiger partial charge in [-0.15, -0.1) is 0 Å². The molecule has 1 heterocycles. The van der Waals surface area contributed by atoms with E-state index >= 15 is 0 Å². The molecule has 7 heteroatoms. The first-order chi connectivity index (χ1) is 10.1. The van der Waals surface area contributed by atoms with Crippen molar-refractivity contribution < 1.29 is 14.7 Å². The quantitative estimate of drug-likeness (QED) is 0.637. The maximum absolute atomic E-state index is 11.7. The highest BCUT2D eigenvalue weighted by molar-refractivity contribution is 5.74. The van der Waals surface area contributed by atoms with Crippen LogP contribution in [0.5, 0.6) is 0 Å². The average Bonchev–Trinajstić information content (AvgIpc) is 2.97. The lowest BCUT2D eigenvalue weighted by molar-refractivity contribution is -0.136. The van der Waals surface area contributed by atoms with Gasteiger partial charge in [-0.25, -0.2) is 9.78 Å². The van der Waals surface area contributed by atoms with Crippen LogP contribution in [0.25, 0.3) is 0 Å². The number of benzene rings is 1. The van der Waals surface area contributed by atoms with Crippen LogP contribution in [0.4, 0.5) is 4.79 Å². The zero-order chi connectivity index (χ0) is 15.1. The molecule has 110 valence electrons. The van der Waals surface area contributed by atoms with Crippen molar-refractivity contribution in [3.05, 3.63) is 53.6 Å². The van der Waals surface area contributed by atoms with Gasteiger partial charge in [0, 0.05) is 12.7 Å². The van der Waals surface area contributed by atoms with Gasteiger partial charge in [0.2, 0.25) is 0 Å². The van der Waals surface area contributed by atoms with E-state index in [9.17, 15) is 9.59 Å². The van der Waals surface area contributed by atoms with Crippen LogP contribution in [0.3, 0.4) is 0 Å². The van der Waals surface area contributed by atoms with E-state index < -0.39 is 5.97 Å². The molecular formula is C14H16N4O3. The number of aliphatic carboxylic acids is 1. The van der Waals surface area contributed by atoms with E-state index in [0.717, 1.165) is 11.3 Å². The zero-order valence-electron chi connectivity index (χ0n) is 11.3. The van der Waals surface area contributed by atoms with Crippen molar-refractivity contribution in [1.82, 2.24) is 20.6 Å². The van der Waals surface area contributed by atoms with Crippen molar-refractivity contribution in [2.24, 2.45) is 0 Å². The molecule has 1 aromatic carbocycles. The second kappa shape index (κ2) is 7.09. The standard InChI is InChI=1S/C14H16N4O3/c19-13(20)5-10-3-1-2-4-11(10)6-16-14(21)17-8-12-7-15-9-18-12/h1-4,7,9H,5-6,8H2,(H,15,18)(H,19,20)(H2,16,17,21). The summed E-state index contributed by atoms with van der Waals surface area (Å²) in [5.74, 6) is -0.897. The summed E-state index contributed by atoms with van der Waals surface area (Å²) in [4.78, 5) is 29.2. The van der Waals surface area contributed by atoms with Gasteiger partial charge in [-0.05, 0) is 11.1 Å². The third kappa shape index (κ3) is 4.64. The summed E-state index contributed by atoms with van der Waals surface area (Å²) in [6.07, 6.45) is 3.10. The molecule has 21 heavy (non-hydrogen) atoms. The average molecular weight is 288 g/mol. The summed E-state index contributed by atoms with van der Waals surface area (Å²) in [6.45, 7) is 0.626. The minimum atomic E-state index is -0.897. The Balaban J connectivity index is 1.84. The Hall–Kier alpha value is -2.83. The normalized spacial score (nSPS) is 10.1. The number of carbonyl (C=O) groups excluding carboxylic acids is 1. The number of nitrogens with zero attached hydrogens (tertiary/aromatic N) is 1. The summed E-state index contributed by atoms with van der Waals surface area (Å²) in [7, 11) is 0. The largest absolute Gasteiger partial charge is 0.481 e. The molecule has 0 unspecified atom stereocenters. The van der Waals surface area contributed by atoms with Crippen LogP contribution in [0.15, 0.2) is 36.8 Å². The number of rotatable bonds is 6. The van der Waals surface area contributed by atoms with Gasteiger partial charge in [-0.3, -0.25) is 4.79 Å². The van der Waals surface area contributed by atoms with Gasteiger partial charge in [-0.2, -0.15) is 0 Å². The summed E-state index contributed by atoms with van der Waals surface area (Å²) < 4.78 is 0. The Morgan fingerprint density at radius 1 is 1.14 bits per heavy atom. The molecule has 0 aliphatic carbocycles. The predicted octanol–water partition coefficient (Wildman–Crippen LogP) is 1.04. The van der Waals surface area contributed by atoms with Crippen LogP contribution in [0.2, 0.25) is 0 Å². The lowest BCUT2D eigenvalue weighted by Crippen LogP contribution is -2.34. The lowest BCUT2D eigenvalue weighted by atomic mass is 10.0. The highest BCUT2D eigenvalue weighted by Gasteiger charge is 2.07. The Kier molecular flexibility index (Phi) is 4.92. The molecule has 0 bridgehead atoms. The van der Waals surface area contributed by atoms with Gasteiger partial charge in [-0.1, -0.05) is 24.3 Å². The molecule has 0 saturated carbocycles. The summed E-state index contributed by atoms with van der Waals surface area (Å²) in [5.41, 5.74) is 2.28. The van der Waals surface area contributed by atoms with Gasteiger partial charge < -0.3 is 20.7 Å². The van der Waals surface area contributed by atoms with Crippen molar-refractivity contribution in [3.63, 3.8) is 0 Å². The van der Waals surface area contributed by atoms with Gasteiger partial charge in [0.1, 0.15) is 0 Å². The number of H-pyrrole nitrogens is 1. The summed E-state index contributed by atoms with van der Waals surface area (Å²) in [6, 6.07) is 6.81. The second-order valence-corrected chi connectivity index (χ2v) is 4.45. The number of carboxylic acids is 1. The van der Waals surface area contributed by atoms with E-state index in [1.165, 1.54) is 6.33 Å². The zero-order valence-corrected chi connectivity index (χ0v) is 11.3. The molecule has 0 fully saturated rings. The van der Waals surface area contributed by atoms with Gasteiger partial charge in [0.25, 0.3) is 0 Å². The Morgan fingerprint density at radius 2 is 1.86 bits per heavy atom. The number of nitrogens with one attached hydrogen (secondary N) is 3. The van der Waals surface area contributed by atoms with Gasteiger partial charge in [0.05, 0.1) is 25.0 Å². The molecule has 7 nitrogen and oxygen atoms in total. The number of carboxylic acid groups (broad SMARTS) is 1. The van der Waals surface area contributed by atoms with Crippen LogP contribution in [-0.4, -0.2) is 27.1 Å². The molecule has 4 N–H and O–H groups in total. The van der Waals surface area contributed by atoms with E-state index in [0.29, 0.717) is 12.1 Å². The Labute approximate surface area is 121 Å². The molecule has 0 spiro atoms. The van der Waals surface area contributed by atoms with E-state index in [2.05, 4.69) is 20.6 Å². The molecule has 2 amide bonds. The molecule has 0 radical (unpaired) electrons. The fourth-order valence-corrected chi connectivity index (χ4v) is 1.86. The molecule has 0 saturated heterocycles. The van der Waals surface area contributed by atoms with E-state index in [4.69, 9.17) is 5.11 Å². The monoisotopic (exact) mass is 288 g/mol. The number of carbonyl (C=O) groups is 2. The van der Waals surface area contributed by atoms with Crippen LogP contribution in [0, 0.1) is 0 Å². The molecule has 0 atom stereocenters. The maximum atomic E-state index is 11.7. The minimum absolute atomic E-state index is 0.0619. The smallest absolute Gasteiger partial charge is 0.315 e. The van der Waals surface area contributed by atoms with E-state index in [1.807, 2.05) is 6.07 Å². The predicted molar refractivity (Wildman–Crippen MR) is 75.4 cm³/mol. The number of urea groups is 1. The number of imidazole rings is 1. The van der Waals surface area contributed by atoms with Crippen LogP contribution >= 0.6 is 0 Å². The van der Waals surface area contributed by atoms with Crippen molar-refractivity contribution in [2.75, 3.05) is 0 Å². The third-order valence-corrected chi connectivity index (χ3v) is 2.89. The first-order valence-electron chi connectivity index (χ1n) is 6.42. The Morgan fingerprint density at radius 3 is 2.52 bits per heavy atom.